The van der Waals surface area contributed by atoms with Crippen molar-refractivity contribution in [3.05, 3.63) is 81.8 Å². The molecule has 4 rings (SSSR count). The third kappa shape index (κ3) is 3.64. The van der Waals surface area contributed by atoms with Gasteiger partial charge in [-0.25, -0.2) is 18.9 Å². The van der Waals surface area contributed by atoms with E-state index in [2.05, 4.69) is 20.5 Å². The van der Waals surface area contributed by atoms with Gasteiger partial charge in [-0.05, 0) is 49.2 Å². The molecule has 146 valence electrons. The van der Waals surface area contributed by atoms with E-state index in [-0.39, 0.29) is 23.7 Å². The summed E-state index contributed by atoms with van der Waals surface area (Å²) < 4.78 is 14.7. The average molecular weight is 391 g/mol. The number of benzene rings is 2. The first-order valence-electron chi connectivity index (χ1n) is 9.01. The van der Waals surface area contributed by atoms with E-state index in [0.29, 0.717) is 28.5 Å². The quantitative estimate of drug-likeness (QED) is 0.559. The molecule has 0 fully saturated rings. The van der Waals surface area contributed by atoms with Gasteiger partial charge >= 0.3 is 0 Å². The Bertz CT molecular complexity index is 1270. The zero-order chi connectivity index (χ0) is 20.5. The second-order valence-electron chi connectivity index (χ2n) is 6.72. The van der Waals surface area contributed by atoms with Crippen molar-refractivity contribution in [2.75, 3.05) is 5.32 Å². The Balaban J connectivity index is 1.52. The molecule has 0 unspecified atom stereocenters. The van der Waals surface area contributed by atoms with Gasteiger partial charge in [0.1, 0.15) is 11.6 Å². The predicted octanol–water partition coefficient (Wildman–Crippen LogP) is 3.02. The average Bonchev–Trinajstić information content (AvgIpc) is 3.06. The van der Waals surface area contributed by atoms with E-state index in [1.54, 1.807) is 44.2 Å². The van der Waals surface area contributed by atoms with Gasteiger partial charge in [0.2, 0.25) is 11.7 Å². The minimum absolute atomic E-state index is 0.100. The van der Waals surface area contributed by atoms with E-state index in [1.807, 2.05) is 6.07 Å². The van der Waals surface area contributed by atoms with Crippen molar-refractivity contribution in [3.8, 4) is 11.1 Å². The number of halogens is 1. The summed E-state index contributed by atoms with van der Waals surface area (Å²) in [7, 11) is 0. The smallest absolute Gasteiger partial charge is 0.264 e. The highest BCUT2D eigenvalue weighted by Crippen LogP contribution is 2.22. The summed E-state index contributed by atoms with van der Waals surface area (Å²) >= 11 is 0. The number of aryl methyl sites for hydroxylation is 2. The molecule has 0 aliphatic carbocycles. The van der Waals surface area contributed by atoms with Crippen LogP contribution in [0.1, 0.15) is 17.1 Å². The molecular weight excluding hydrogens is 373 g/mol. The number of hydrogen-bond donors (Lipinski definition) is 2. The molecule has 0 aliphatic rings. The molecule has 0 bridgehead atoms. The first kappa shape index (κ1) is 18.5. The summed E-state index contributed by atoms with van der Waals surface area (Å²) in [5.41, 5.74) is 2.66. The van der Waals surface area contributed by atoms with Crippen LogP contribution in [0.4, 0.5) is 10.1 Å². The number of amides is 1. The normalized spacial score (nSPS) is 11.0. The second kappa shape index (κ2) is 7.31. The fourth-order valence-electron chi connectivity index (χ4n) is 3.20. The first-order valence-corrected chi connectivity index (χ1v) is 9.01. The Morgan fingerprint density at radius 1 is 1.14 bits per heavy atom. The Hall–Kier alpha value is -3.81. The summed E-state index contributed by atoms with van der Waals surface area (Å²) in [4.78, 5) is 29.5. The molecule has 8 heteroatoms. The number of carbonyl (C=O) groups is 1. The summed E-state index contributed by atoms with van der Waals surface area (Å²) in [5.74, 6) is 0.195. The lowest BCUT2D eigenvalue weighted by atomic mass is 10.1. The minimum atomic E-state index is -0.327. The molecule has 0 spiro atoms. The largest absolute Gasteiger partial charge is 0.326 e. The molecule has 0 saturated carbocycles. The van der Waals surface area contributed by atoms with E-state index in [1.165, 1.54) is 16.5 Å². The highest BCUT2D eigenvalue weighted by atomic mass is 19.1. The standard InChI is InChI=1S/C21H18FN5O2/c1-12-18(20(29)27-13(2)25-26-21(27)23-12)11-19(28)24-17-8-6-14(7-9-17)15-4-3-5-16(22)10-15/h3-10H,11H2,1-2H3,(H,23,26)(H,24,28). The van der Waals surface area contributed by atoms with Crippen LogP contribution in [0.5, 0.6) is 0 Å². The zero-order valence-corrected chi connectivity index (χ0v) is 15.9. The number of fused-ring (bicyclic) bond motifs is 1. The Kier molecular flexibility index (Phi) is 4.67. The maximum Gasteiger partial charge on any atom is 0.264 e. The van der Waals surface area contributed by atoms with Crippen molar-refractivity contribution < 1.29 is 9.18 Å². The molecule has 29 heavy (non-hydrogen) atoms. The van der Waals surface area contributed by atoms with Gasteiger partial charge in [0.05, 0.1) is 12.1 Å². The molecule has 4 aromatic rings. The van der Waals surface area contributed by atoms with Crippen LogP contribution < -0.4 is 10.9 Å². The van der Waals surface area contributed by atoms with Gasteiger partial charge in [-0.15, -0.1) is 0 Å². The van der Waals surface area contributed by atoms with Crippen molar-refractivity contribution in [2.45, 2.75) is 20.3 Å². The second-order valence-corrected chi connectivity index (χ2v) is 6.72. The van der Waals surface area contributed by atoms with Crippen molar-refractivity contribution in [3.63, 3.8) is 0 Å². The number of aromatic amines is 1. The molecule has 2 aromatic heterocycles. The topological polar surface area (TPSA) is 92.2 Å². The van der Waals surface area contributed by atoms with Crippen LogP contribution in [0.15, 0.2) is 53.3 Å². The van der Waals surface area contributed by atoms with Gasteiger partial charge in [-0.3, -0.25) is 9.59 Å². The molecular formula is C21H18FN5O2. The molecule has 0 aliphatic heterocycles. The van der Waals surface area contributed by atoms with Gasteiger partial charge in [0.25, 0.3) is 5.56 Å². The van der Waals surface area contributed by atoms with Crippen LogP contribution in [0, 0.1) is 19.7 Å². The number of aromatic nitrogens is 4. The fraction of sp³-hybridized carbons (Fsp3) is 0.143. The Labute approximate surface area is 165 Å². The molecule has 0 saturated heterocycles. The van der Waals surface area contributed by atoms with Gasteiger partial charge in [-0.2, -0.15) is 5.10 Å². The van der Waals surface area contributed by atoms with Crippen LogP contribution in [0.25, 0.3) is 16.9 Å². The fourth-order valence-corrected chi connectivity index (χ4v) is 3.20. The van der Waals surface area contributed by atoms with Gasteiger partial charge < -0.3 is 5.32 Å². The molecule has 2 heterocycles. The lowest BCUT2D eigenvalue weighted by molar-refractivity contribution is -0.115. The highest BCUT2D eigenvalue weighted by Gasteiger charge is 2.16. The highest BCUT2D eigenvalue weighted by molar-refractivity contribution is 5.92. The number of carbonyl (C=O) groups excluding carboxylic acids is 1. The van der Waals surface area contributed by atoms with Gasteiger partial charge in [0, 0.05) is 11.3 Å². The van der Waals surface area contributed by atoms with E-state index >= 15 is 0 Å². The molecule has 7 nitrogen and oxygen atoms in total. The Morgan fingerprint density at radius 3 is 2.62 bits per heavy atom. The number of rotatable bonds is 4. The van der Waals surface area contributed by atoms with Crippen molar-refractivity contribution in [2.24, 2.45) is 0 Å². The lowest BCUT2D eigenvalue weighted by Crippen LogP contribution is -2.26. The molecule has 1 amide bonds. The van der Waals surface area contributed by atoms with Crippen LogP contribution in [0.2, 0.25) is 0 Å². The number of H-pyrrole nitrogens is 1. The number of hydrogen-bond acceptors (Lipinski definition) is 4. The van der Waals surface area contributed by atoms with Crippen LogP contribution >= 0.6 is 0 Å². The van der Waals surface area contributed by atoms with Crippen LogP contribution in [-0.4, -0.2) is 25.5 Å². The number of nitrogens with zero attached hydrogens (tertiary/aromatic N) is 3. The SMILES string of the molecule is Cc1nc2[nH]nc(C)n2c(=O)c1CC(=O)Nc1ccc(-c2cccc(F)c2)cc1. The van der Waals surface area contributed by atoms with E-state index in [9.17, 15) is 14.0 Å². The third-order valence-corrected chi connectivity index (χ3v) is 4.69. The predicted molar refractivity (Wildman–Crippen MR) is 107 cm³/mol. The Morgan fingerprint density at radius 2 is 1.90 bits per heavy atom. The van der Waals surface area contributed by atoms with E-state index in [0.717, 1.165) is 11.1 Å². The monoisotopic (exact) mass is 391 g/mol. The lowest BCUT2D eigenvalue weighted by Gasteiger charge is -2.08. The van der Waals surface area contributed by atoms with Crippen LogP contribution in [-0.2, 0) is 11.2 Å². The summed E-state index contributed by atoms with van der Waals surface area (Å²) in [5, 5.41) is 9.44. The molecule has 2 aromatic carbocycles. The van der Waals surface area contributed by atoms with Gasteiger partial charge in [-0.1, -0.05) is 24.3 Å². The van der Waals surface area contributed by atoms with Crippen LogP contribution in [0.3, 0.4) is 0 Å². The molecule has 0 radical (unpaired) electrons. The minimum Gasteiger partial charge on any atom is -0.326 e. The molecule has 2 N–H and O–H groups in total. The maximum atomic E-state index is 13.4. The number of nitrogens with one attached hydrogen (secondary N) is 2. The zero-order valence-electron chi connectivity index (χ0n) is 15.9. The third-order valence-electron chi connectivity index (χ3n) is 4.69. The molecule has 0 atom stereocenters. The van der Waals surface area contributed by atoms with Crippen molar-refractivity contribution in [1.82, 2.24) is 19.6 Å². The van der Waals surface area contributed by atoms with Gasteiger partial charge in [0.15, 0.2) is 0 Å². The summed E-state index contributed by atoms with van der Waals surface area (Å²) in [6.45, 7) is 3.37. The summed E-state index contributed by atoms with van der Waals surface area (Å²) in [6.07, 6.45) is -0.100. The summed E-state index contributed by atoms with van der Waals surface area (Å²) in [6, 6.07) is 13.4. The maximum absolute atomic E-state index is 13.4. The van der Waals surface area contributed by atoms with E-state index in [4.69, 9.17) is 0 Å². The number of anilines is 1. The van der Waals surface area contributed by atoms with Crippen molar-refractivity contribution in [1.29, 1.82) is 0 Å². The van der Waals surface area contributed by atoms with E-state index < -0.39 is 0 Å². The first-order chi connectivity index (χ1) is 13.9. The van der Waals surface area contributed by atoms with Crippen molar-refractivity contribution >= 4 is 17.4 Å².